The molecule has 1 saturated heterocycles. The molecule has 1 fully saturated rings. The summed E-state index contributed by atoms with van der Waals surface area (Å²) in [5, 5.41) is 2.83. The van der Waals surface area contributed by atoms with Crippen molar-refractivity contribution in [3.05, 3.63) is 58.9 Å². The molecule has 0 bridgehead atoms. The minimum atomic E-state index is -4.04. The van der Waals surface area contributed by atoms with Crippen molar-refractivity contribution in [3.63, 3.8) is 0 Å². The topological polar surface area (TPSA) is 75.7 Å². The van der Waals surface area contributed by atoms with Crippen LogP contribution in [0.5, 0.6) is 0 Å². The molecule has 6 nitrogen and oxygen atoms in total. The normalized spacial score (nSPS) is 15.4. The summed E-state index contributed by atoms with van der Waals surface area (Å²) in [6, 6.07) is 9.11. The van der Waals surface area contributed by atoms with Gasteiger partial charge in [-0.15, -0.1) is 0 Å². The van der Waals surface area contributed by atoms with Crippen LogP contribution in [0.15, 0.2) is 41.3 Å². The average Bonchev–Trinajstić information content (AvgIpc) is 2.70. The summed E-state index contributed by atoms with van der Waals surface area (Å²) >= 11 is 0. The zero-order valence-electron chi connectivity index (χ0n) is 15.9. The number of amides is 1. The van der Waals surface area contributed by atoms with Crippen molar-refractivity contribution in [2.24, 2.45) is 0 Å². The number of hydrogen-bond donors (Lipinski definition) is 1. The van der Waals surface area contributed by atoms with Crippen LogP contribution in [-0.4, -0.2) is 44.9 Å². The number of morpholine rings is 1. The first-order chi connectivity index (χ1) is 13.3. The summed E-state index contributed by atoms with van der Waals surface area (Å²) in [6.45, 7) is 4.69. The fraction of sp³-hybridized carbons (Fsp3) is 0.350. The first kappa shape index (κ1) is 20.4. The van der Waals surface area contributed by atoms with Gasteiger partial charge >= 0.3 is 0 Å². The van der Waals surface area contributed by atoms with Gasteiger partial charge in [0.1, 0.15) is 10.7 Å². The third kappa shape index (κ3) is 4.09. The Kier molecular flexibility index (Phi) is 6.12. The Morgan fingerprint density at radius 3 is 2.61 bits per heavy atom. The highest BCUT2D eigenvalue weighted by molar-refractivity contribution is 7.89. The van der Waals surface area contributed by atoms with Crippen LogP contribution in [0.25, 0.3) is 0 Å². The van der Waals surface area contributed by atoms with Gasteiger partial charge in [0, 0.05) is 24.3 Å². The largest absolute Gasteiger partial charge is 0.379 e. The van der Waals surface area contributed by atoms with Crippen molar-refractivity contribution >= 4 is 21.6 Å². The van der Waals surface area contributed by atoms with E-state index in [0.717, 1.165) is 29.7 Å². The van der Waals surface area contributed by atoms with Crippen LogP contribution < -0.4 is 5.32 Å². The molecule has 8 heteroatoms. The Morgan fingerprint density at radius 1 is 1.21 bits per heavy atom. The third-order valence-electron chi connectivity index (χ3n) is 4.76. The number of carbonyl (C=O) groups is 1. The van der Waals surface area contributed by atoms with Gasteiger partial charge in [0.15, 0.2) is 0 Å². The molecule has 3 rings (SSSR count). The SMILES string of the molecule is CCc1cccc(C)c1NC(=O)c1ccc(F)c(S(=O)(=O)N2CCOCC2)c1. The number of anilines is 1. The Morgan fingerprint density at radius 2 is 1.93 bits per heavy atom. The lowest BCUT2D eigenvalue weighted by molar-refractivity contribution is 0.0729. The molecule has 1 aliphatic heterocycles. The predicted octanol–water partition coefficient (Wildman–Crippen LogP) is 2.97. The van der Waals surface area contributed by atoms with E-state index in [-0.39, 0.29) is 31.9 Å². The Hall–Kier alpha value is -2.29. The maximum atomic E-state index is 14.3. The van der Waals surface area contributed by atoms with Crippen molar-refractivity contribution in [2.45, 2.75) is 25.2 Å². The van der Waals surface area contributed by atoms with Gasteiger partial charge in [-0.05, 0) is 42.7 Å². The van der Waals surface area contributed by atoms with E-state index in [4.69, 9.17) is 4.74 Å². The standard InChI is InChI=1S/C20H23FN2O4S/c1-3-15-6-4-5-14(2)19(15)22-20(24)16-7-8-17(21)18(13-16)28(25,26)23-9-11-27-12-10-23/h4-8,13H,3,9-12H2,1-2H3,(H,22,24). The summed E-state index contributed by atoms with van der Waals surface area (Å²) in [5.74, 6) is -1.37. The Labute approximate surface area is 164 Å². The summed E-state index contributed by atoms with van der Waals surface area (Å²) in [6.07, 6.45) is 0.734. The van der Waals surface area contributed by atoms with E-state index in [1.807, 2.05) is 32.0 Å². The Balaban J connectivity index is 1.92. The van der Waals surface area contributed by atoms with Crippen molar-refractivity contribution in [3.8, 4) is 0 Å². The molecule has 0 aliphatic carbocycles. The lowest BCUT2D eigenvalue weighted by Gasteiger charge is -2.26. The van der Waals surface area contributed by atoms with E-state index in [1.54, 1.807) is 0 Å². The predicted molar refractivity (Wildman–Crippen MR) is 104 cm³/mol. The average molecular weight is 406 g/mol. The first-order valence-corrected chi connectivity index (χ1v) is 10.6. The second kappa shape index (κ2) is 8.38. The highest BCUT2D eigenvalue weighted by Crippen LogP contribution is 2.24. The van der Waals surface area contributed by atoms with Gasteiger partial charge in [-0.25, -0.2) is 12.8 Å². The molecule has 28 heavy (non-hydrogen) atoms. The molecular formula is C20H23FN2O4S. The maximum Gasteiger partial charge on any atom is 0.255 e. The lowest BCUT2D eigenvalue weighted by Crippen LogP contribution is -2.41. The number of nitrogens with one attached hydrogen (secondary N) is 1. The minimum absolute atomic E-state index is 0.0820. The van der Waals surface area contributed by atoms with Gasteiger partial charge in [0.05, 0.1) is 13.2 Å². The summed E-state index contributed by atoms with van der Waals surface area (Å²) in [5.41, 5.74) is 2.64. The molecule has 1 heterocycles. The van der Waals surface area contributed by atoms with Crippen molar-refractivity contribution < 1.29 is 22.3 Å². The zero-order chi connectivity index (χ0) is 20.3. The van der Waals surface area contributed by atoms with Gasteiger partial charge in [-0.2, -0.15) is 4.31 Å². The number of hydrogen-bond acceptors (Lipinski definition) is 4. The number of sulfonamides is 1. The summed E-state index contributed by atoms with van der Waals surface area (Å²) in [7, 11) is -4.04. The monoisotopic (exact) mass is 406 g/mol. The summed E-state index contributed by atoms with van der Waals surface area (Å²) in [4.78, 5) is 12.2. The zero-order valence-corrected chi connectivity index (χ0v) is 16.7. The number of ether oxygens (including phenoxy) is 1. The molecule has 0 spiro atoms. The molecule has 0 aromatic heterocycles. The van der Waals surface area contributed by atoms with E-state index in [1.165, 1.54) is 10.4 Å². The smallest absolute Gasteiger partial charge is 0.255 e. The minimum Gasteiger partial charge on any atom is -0.379 e. The molecule has 150 valence electrons. The molecule has 0 atom stereocenters. The first-order valence-electron chi connectivity index (χ1n) is 9.12. The lowest BCUT2D eigenvalue weighted by atomic mass is 10.1. The van der Waals surface area contributed by atoms with Crippen LogP contribution in [0.3, 0.4) is 0 Å². The molecule has 1 aliphatic rings. The number of benzene rings is 2. The van der Waals surface area contributed by atoms with Gasteiger partial charge < -0.3 is 10.1 Å². The van der Waals surface area contributed by atoms with Crippen molar-refractivity contribution in [1.82, 2.24) is 4.31 Å². The Bertz CT molecular complexity index is 986. The maximum absolute atomic E-state index is 14.3. The van der Waals surface area contributed by atoms with E-state index in [9.17, 15) is 17.6 Å². The molecule has 0 saturated carbocycles. The number of carbonyl (C=O) groups excluding carboxylic acids is 1. The van der Waals surface area contributed by atoms with E-state index < -0.39 is 26.6 Å². The summed E-state index contributed by atoms with van der Waals surface area (Å²) < 4.78 is 46.2. The van der Waals surface area contributed by atoms with Crippen LogP contribution in [-0.2, 0) is 21.2 Å². The quantitative estimate of drug-likeness (QED) is 0.828. The number of halogens is 1. The third-order valence-corrected chi connectivity index (χ3v) is 6.67. The second-order valence-corrected chi connectivity index (χ2v) is 8.48. The second-order valence-electron chi connectivity index (χ2n) is 6.58. The molecule has 1 N–H and O–H groups in total. The van der Waals surface area contributed by atoms with Crippen molar-refractivity contribution in [2.75, 3.05) is 31.6 Å². The van der Waals surface area contributed by atoms with Crippen LogP contribution >= 0.6 is 0 Å². The number of para-hydroxylation sites is 1. The van der Waals surface area contributed by atoms with E-state index in [0.29, 0.717) is 5.69 Å². The molecule has 2 aromatic carbocycles. The highest BCUT2D eigenvalue weighted by atomic mass is 32.2. The van der Waals surface area contributed by atoms with Crippen molar-refractivity contribution in [1.29, 1.82) is 0 Å². The molecular weight excluding hydrogens is 383 g/mol. The van der Waals surface area contributed by atoms with Gasteiger partial charge in [-0.3, -0.25) is 4.79 Å². The van der Waals surface area contributed by atoms with Gasteiger partial charge in [0.2, 0.25) is 10.0 Å². The van der Waals surface area contributed by atoms with Crippen LogP contribution in [0.4, 0.5) is 10.1 Å². The fourth-order valence-corrected chi connectivity index (χ4v) is 4.65. The molecule has 0 radical (unpaired) electrons. The van der Waals surface area contributed by atoms with Gasteiger partial charge in [0.25, 0.3) is 5.91 Å². The van der Waals surface area contributed by atoms with Crippen LogP contribution in [0.2, 0.25) is 0 Å². The number of aryl methyl sites for hydroxylation is 2. The van der Waals surface area contributed by atoms with Gasteiger partial charge in [-0.1, -0.05) is 25.1 Å². The van der Waals surface area contributed by atoms with Crippen LogP contribution in [0.1, 0.15) is 28.4 Å². The molecule has 2 aromatic rings. The fourth-order valence-electron chi connectivity index (χ4n) is 3.16. The van der Waals surface area contributed by atoms with E-state index in [2.05, 4.69) is 5.32 Å². The molecule has 0 unspecified atom stereocenters. The molecule has 1 amide bonds. The highest BCUT2D eigenvalue weighted by Gasteiger charge is 2.29. The number of rotatable bonds is 5. The van der Waals surface area contributed by atoms with Crippen LogP contribution in [0, 0.1) is 12.7 Å². The van der Waals surface area contributed by atoms with E-state index >= 15 is 0 Å². The number of nitrogens with zero attached hydrogens (tertiary/aromatic N) is 1.